The van der Waals surface area contributed by atoms with E-state index in [0.717, 1.165) is 23.2 Å². The van der Waals surface area contributed by atoms with Crippen LogP contribution in [0.25, 0.3) is 0 Å². The molecule has 1 atom stereocenters. The standard InChI is InChI=1S/C13H19F3N4OS/c1-3-4-7-22-9(2)11(21)19-5-6-20-10(8-19)17-18-12(20)13(14,15)16/h9H,3-8H2,1-2H3/t9-/m1/s1. The fourth-order valence-corrected chi connectivity index (χ4v) is 3.39. The number of fused-ring (bicyclic) bond motifs is 1. The van der Waals surface area contributed by atoms with Crippen LogP contribution in [0.5, 0.6) is 0 Å². The number of unbranched alkanes of at least 4 members (excludes halogenated alkanes) is 1. The van der Waals surface area contributed by atoms with Gasteiger partial charge < -0.3 is 9.47 Å². The van der Waals surface area contributed by atoms with Gasteiger partial charge in [-0.1, -0.05) is 13.3 Å². The van der Waals surface area contributed by atoms with Gasteiger partial charge in [-0.25, -0.2) is 0 Å². The van der Waals surface area contributed by atoms with Crippen LogP contribution >= 0.6 is 11.8 Å². The van der Waals surface area contributed by atoms with Gasteiger partial charge in [0.25, 0.3) is 0 Å². The fourth-order valence-electron chi connectivity index (χ4n) is 2.29. The number of carbonyl (C=O) groups excluding carboxylic acids is 1. The zero-order chi connectivity index (χ0) is 16.3. The van der Waals surface area contributed by atoms with Gasteiger partial charge in [0.15, 0.2) is 5.82 Å². The largest absolute Gasteiger partial charge is 0.451 e. The summed E-state index contributed by atoms with van der Waals surface area (Å²) in [6.45, 7) is 4.34. The molecule has 2 heterocycles. The van der Waals surface area contributed by atoms with Crippen molar-refractivity contribution in [3.05, 3.63) is 11.6 Å². The Hall–Kier alpha value is -1.25. The number of nitrogens with zero attached hydrogens (tertiary/aromatic N) is 4. The third kappa shape index (κ3) is 3.74. The molecule has 2 rings (SSSR count). The molecule has 5 nitrogen and oxygen atoms in total. The zero-order valence-corrected chi connectivity index (χ0v) is 13.4. The lowest BCUT2D eigenvalue weighted by molar-refractivity contribution is -0.148. The van der Waals surface area contributed by atoms with Gasteiger partial charge in [0.05, 0.1) is 11.8 Å². The van der Waals surface area contributed by atoms with Crippen LogP contribution in [0.15, 0.2) is 0 Å². The van der Waals surface area contributed by atoms with Crippen LogP contribution in [0.3, 0.4) is 0 Å². The average Bonchev–Trinajstić information content (AvgIpc) is 2.89. The van der Waals surface area contributed by atoms with Crippen molar-refractivity contribution in [2.75, 3.05) is 12.3 Å². The van der Waals surface area contributed by atoms with E-state index in [4.69, 9.17) is 0 Å². The molecule has 124 valence electrons. The number of thioether (sulfide) groups is 1. The molecule has 0 saturated carbocycles. The molecule has 0 radical (unpaired) electrons. The summed E-state index contributed by atoms with van der Waals surface area (Å²) < 4.78 is 39.3. The molecule has 0 fully saturated rings. The smallest absolute Gasteiger partial charge is 0.332 e. The molecule has 1 amide bonds. The van der Waals surface area contributed by atoms with Crippen LogP contribution < -0.4 is 0 Å². The molecule has 0 bridgehead atoms. The Balaban J connectivity index is 2.00. The Morgan fingerprint density at radius 1 is 1.36 bits per heavy atom. The number of hydrogen-bond donors (Lipinski definition) is 0. The van der Waals surface area contributed by atoms with Gasteiger partial charge in [0.1, 0.15) is 0 Å². The van der Waals surface area contributed by atoms with Crippen LogP contribution in [-0.2, 0) is 24.1 Å². The molecular formula is C13H19F3N4OS. The Morgan fingerprint density at radius 3 is 2.73 bits per heavy atom. The number of halogens is 3. The van der Waals surface area contributed by atoms with Crippen molar-refractivity contribution < 1.29 is 18.0 Å². The minimum atomic E-state index is -4.51. The Bertz CT molecular complexity index is 532. The van der Waals surface area contributed by atoms with E-state index in [9.17, 15) is 18.0 Å². The van der Waals surface area contributed by atoms with Crippen molar-refractivity contribution in [2.45, 2.75) is 51.2 Å². The second-order valence-corrected chi connectivity index (χ2v) is 6.66. The lowest BCUT2D eigenvalue weighted by atomic mass is 10.3. The molecule has 22 heavy (non-hydrogen) atoms. The van der Waals surface area contributed by atoms with Crippen LogP contribution in [0.4, 0.5) is 13.2 Å². The van der Waals surface area contributed by atoms with Gasteiger partial charge in [-0.05, 0) is 19.1 Å². The molecule has 1 aliphatic heterocycles. The van der Waals surface area contributed by atoms with E-state index in [0.29, 0.717) is 0 Å². The maximum absolute atomic E-state index is 12.8. The third-order valence-electron chi connectivity index (χ3n) is 3.53. The van der Waals surface area contributed by atoms with Crippen molar-refractivity contribution >= 4 is 17.7 Å². The second-order valence-electron chi connectivity index (χ2n) is 5.22. The van der Waals surface area contributed by atoms with Crippen LogP contribution in [0.1, 0.15) is 38.3 Å². The number of hydrogen-bond acceptors (Lipinski definition) is 4. The SMILES string of the molecule is CCCCS[C@H](C)C(=O)N1CCn2c(nnc2C(F)(F)F)C1. The summed E-state index contributed by atoms with van der Waals surface area (Å²) in [4.78, 5) is 13.9. The maximum Gasteiger partial charge on any atom is 0.451 e. The summed E-state index contributed by atoms with van der Waals surface area (Å²) in [6.07, 6.45) is -2.40. The Labute approximate surface area is 131 Å². The second kappa shape index (κ2) is 6.89. The summed E-state index contributed by atoms with van der Waals surface area (Å²) in [7, 11) is 0. The molecule has 0 N–H and O–H groups in total. The summed E-state index contributed by atoms with van der Waals surface area (Å²) in [6, 6.07) is 0. The molecule has 0 saturated heterocycles. The fraction of sp³-hybridized carbons (Fsp3) is 0.769. The van der Waals surface area contributed by atoms with Crippen molar-refractivity contribution in [2.24, 2.45) is 0 Å². The molecule has 0 unspecified atom stereocenters. The van der Waals surface area contributed by atoms with E-state index < -0.39 is 12.0 Å². The topological polar surface area (TPSA) is 51.0 Å². The van der Waals surface area contributed by atoms with Gasteiger partial charge in [0.2, 0.25) is 11.7 Å². The van der Waals surface area contributed by atoms with E-state index in [1.807, 2.05) is 6.92 Å². The van der Waals surface area contributed by atoms with E-state index >= 15 is 0 Å². The maximum atomic E-state index is 12.8. The van der Waals surface area contributed by atoms with Crippen LogP contribution in [0.2, 0.25) is 0 Å². The predicted molar refractivity (Wildman–Crippen MR) is 77.3 cm³/mol. The monoisotopic (exact) mass is 336 g/mol. The van der Waals surface area contributed by atoms with E-state index in [-0.39, 0.29) is 36.6 Å². The predicted octanol–water partition coefficient (Wildman–Crippen LogP) is 2.56. The molecule has 9 heteroatoms. The highest BCUT2D eigenvalue weighted by Gasteiger charge is 2.40. The van der Waals surface area contributed by atoms with Crippen molar-refractivity contribution in [1.29, 1.82) is 0 Å². The number of aromatic nitrogens is 3. The lowest BCUT2D eigenvalue weighted by Gasteiger charge is -2.30. The summed E-state index contributed by atoms with van der Waals surface area (Å²) in [5.41, 5.74) is 0. The van der Waals surface area contributed by atoms with Gasteiger partial charge in [0, 0.05) is 13.1 Å². The van der Waals surface area contributed by atoms with Crippen LogP contribution in [0, 0.1) is 0 Å². The minimum absolute atomic E-state index is 0.0519. The molecular weight excluding hydrogens is 317 g/mol. The Morgan fingerprint density at radius 2 is 2.09 bits per heavy atom. The first kappa shape index (κ1) is 17.1. The number of rotatable bonds is 5. The highest BCUT2D eigenvalue weighted by Crippen LogP contribution is 2.29. The Kier molecular flexibility index (Phi) is 5.36. The molecule has 0 spiro atoms. The lowest BCUT2D eigenvalue weighted by Crippen LogP contribution is -2.42. The molecule has 1 aromatic heterocycles. The minimum Gasteiger partial charge on any atom is -0.332 e. The summed E-state index contributed by atoms with van der Waals surface area (Å²) >= 11 is 1.58. The first-order valence-corrected chi connectivity index (χ1v) is 8.29. The summed E-state index contributed by atoms with van der Waals surface area (Å²) in [5.74, 6) is 0.0626. The average molecular weight is 336 g/mol. The van der Waals surface area contributed by atoms with Gasteiger partial charge >= 0.3 is 6.18 Å². The van der Waals surface area contributed by atoms with E-state index in [1.165, 1.54) is 0 Å². The van der Waals surface area contributed by atoms with Gasteiger partial charge in [-0.2, -0.15) is 13.2 Å². The quantitative estimate of drug-likeness (QED) is 0.776. The molecule has 1 aromatic rings. The third-order valence-corrected chi connectivity index (χ3v) is 4.76. The zero-order valence-electron chi connectivity index (χ0n) is 12.6. The normalized spacial score (nSPS) is 16.5. The van der Waals surface area contributed by atoms with Gasteiger partial charge in [-0.3, -0.25) is 4.79 Å². The summed E-state index contributed by atoms with van der Waals surface area (Å²) in [5, 5.41) is 6.60. The number of amides is 1. The number of carbonyl (C=O) groups is 1. The van der Waals surface area contributed by atoms with Crippen molar-refractivity contribution in [3.8, 4) is 0 Å². The highest BCUT2D eigenvalue weighted by molar-refractivity contribution is 8.00. The van der Waals surface area contributed by atoms with Gasteiger partial charge in [-0.15, -0.1) is 22.0 Å². The molecule has 1 aliphatic rings. The van der Waals surface area contributed by atoms with Crippen molar-refractivity contribution in [1.82, 2.24) is 19.7 Å². The molecule has 0 aromatic carbocycles. The molecule has 0 aliphatic carbocycles. The van der Waals surface area contributed by atoms with Crippen LogP contribution in [-0.4, -0.2) is 43.1 Å². The highest BCUT2D eigenvalue weighted by atomic mass is 32.2. The first-order chi connectivity index (χ1) is 10.3. The first-order valence-electron chi connectivity index (χ1n) is 7.24. The van der Waals surface area contributed by atoms with Crippen molar-refractivity contribution in [3.63, 3.8) is 0 Å². The van der Waals surface area contributed by atoms with E-state index in [2.05, 4.69) is 17.1 Å². The number of alkyl halides is 3. The van der Waals surface area contributed by atoms with E-state index in [1.54, 1.807) is 16.7 Å².